The number of ether oxygens (including phenoxy) is 1. The highest BCUT2D eigenvalue weighted by atomic mass is 79.9. The molecule has 1 heterocycles. The van der Waals surface area contributed by atoms with Crippen LogP contribution in [0, 0.1) is 0 Å². The fourth-order valence-corrected chi connectivity index (χ4v) is 2.92. The van der Waals surface area contributed by atoms with Crippen LogP contribution in [0.15, 0.2) is 31.7 Å². The zero-order chi connectivity index (χ0) is 14.8. The van der Waals surface area contributed by atoms with E-state index >= 15 is 0 Å². The smallest absolute Gasteiger partial charge is 0.258 e. The molecule has 0 aliphatic rings. The third kappa shape index (κ3) is 3.66. The monoisotopic (exact) mass is 403 g/mol. The predicted molar refractivity (Wildman–Crippen MR) is 83.2 cm³/mol. The van der Waals surface area contributed by atoms with E-state index in [2.05, 4.69) is 42.0 Å². The summed E-state index contributed by atoms with van der Waals surface area (Å²) < 4.78 is 12.5. The standard InChI is InChI=1S/C13H15Br2N3O2/c1-3-19-7-13(2,16)12-17-11(20-18-12)8-4-9(14)6-10(15)5-8/h4-6H,3,7,16H2,1-2H3. The van der Waals surface area contributed by atoms with Gasteiger partial charge in [0.25, 0.3) is 5.89 Å². The number of aromatic nitrogens is 2. The van der Waals surface area contributed by atoms with Crippen LogP contribution in [0.25, 0.3) is 11.5 Å². The summed E-state index contributed by atoms with van der Waals surface area (Å²) in [7, 11) is 0. The van der Waals surface area contributed by atoms with Gasteiger partial charge in [-0.2, -0.15) is 4.98 Å². The number of hydrogen-bond acceptors (Lipinski definition) is 5. The van der Waals surface area contributed by atoms with Gasteiger partial charge < -0.3 is 15.0 Å². The number of rotatable bonds is 5. The SMILES string of the molecule is CCOCC(C)(N)c1noc(-c2cc(Br)cc(Br)c2)n1. The Labute approximate surface area is 134 Å². The predicted octanol–water partition coefficient (Wildman–Crippen LogP) is 3.47. The van der Waals surface area contributed by atoms with E-state index in [4.69, 9.17) is 15.0 Å². The Morgan fingerprint density at radius 3 is 2.55 bits per heavy atom. The molecule has 1 aromatic carbocycles. The molecule has 0 aliphatic heterocycles. The molecule has 0 bridgehead atoms. The van der Waals surface area contributed by atoms with E-state index < -0.39 is 5.54 Å². The molecule has 0 amide bonds. The fourth-order valence-electron chi connectivity index (χ4n) is 1.63. The van der Waals surface area contributed by atoms with Crippen molar-refractivity contribution in [2.45, 2.75) is 19.4 Å². The van der Waals surface area contributed by atoms with Gasteiger partial charge in [0.2, 0.25) is 0 Å². The molecule has 0 spiro atoms. The lowest BCUT2D eigenvalue weighted by Gasteiger charge is -2.19. The van der Waals surface area contributed by atoms with Crippen LogP contribution < -0.4 is 5.73 Å². The minimum atomic E-state index is -0.777. The number of nitrogens with two attached hydrogens (primary N) is 1. The molecular weight excluding hydrogens is 390 g/mol. The Balaban J connectivity index is 2.28. The molecule has 0 radical (unpaired) electrons. The molecule has 2 N–H and O–H groups in total. The molecule has 1 atom stereocenters. The van der Waals surface area contributed by atoms with Gasteiger partial charge in [0.15, 0.2) is 5.82 Å². The van der Waals surface area contributed by atoms with E-state index in [1.807, 2.05) is 32.0 Å². The highest BCUT2D eigenvalue weighted by molar-refractivity contribution is 9.11. The van der Waals surface area contributed by atoms with Crippen LogP contribution in [0.5, 0.6) is 0 Å². The first-order chi connectivity index (χ1) is 9.42. The third-order valence-electron chi connectivity index (χ3n) is 2.65. The van der Waals surface area contributed by atoms with E-state index in [1.54, 1.807) is 0 Å². The largest absolute Gasteiger partial charge is 0.379 e. The van der Waals surface area contributed by atoms with Gasteiger partial charge in [0.1, 0.15) is 5.54 Å². The normalized spacial score (nSPS) is 14.2. The highest BCUT2D eigenvalue weighted by Gasteiger charge is 2.28. The molecule has 7 heteroatoms. The lowest BCUT2D eigenvalue weighted by Crippen LogP contribution is -2.39. The van der Waals surface area contributed by atoms with Crippen molar-refractivity contribution in [1.82, 2.24) is 10.1 Å². The van der Waals surface area contributed by atoms with Crippen LogP contribution in [0.2, 0.25) is 0 Å². The maximum Gasteiger partial charge on any atom is 0.258 e. The van der Waals surface area contributed by atoms with E-state index in [9.17, 15) is 0 Å². The number of nitrogens with zero attached hydrogens (tertiary/aromatic N) is 2. The van der Waals surface area contributed by atoms with E-state index in [0.717, 1.165) is 14.5 Å². The van der Waals surface area contributed by atoms with Crippen molar-refractivity contribution >= 4 is 31.9 Å². The average molecular weight is 405 g/mol. The summed E-state index contributed by atoms with van der Waals surface area (Å²) in [4.78, 5) is 4.36. The number of halogens is 2. The molecule has 2 rings (SSSR count). The molecule has 1 unspecified atom stereocenters. The van der Waals surface area contributed by atoms with Crippen LogP contribution >= 0.6 is 31.9 Å². The third-order valence-corrected chi connectivity index (χ3v) is 3.57. The van der Waals surface area contributed by atoms with Crippen molar-refractivity contribution in [3.05, 3.63) is 33.0 Å². The molecule has 108 valence electrons. The summed E-state index contributed by atoms with van der Waals surface area (Å²) in [6.45, 7) is 4.66. The van der Waals surface area contributed by atoms with Crippen molar-refractivity contribution in [3.8, 4) is 11.5 Å². The summed E-state index contributed by atoms with van der Waals surface area (Å²) in [5.74, 6) is 0.854. The maximum atomic E-state index is 6.15. The van der Waals surface area contributed by atoms with Gasteiger partial charge in [-0.1, -0.05) is 37.0 Å². The van der Waals surface area contributed by atoms with E-state index in [-0.39, 0.29) is 0 Å². The molecule has 1 aromatic heterocycles. The van der Waals surface area contributed by atoms with Gasteiger partial charge in [-0.15, -0.1) is 0 Å². The van der Waals surface area contributed by atoms with Gasteiger partial charge >= 0.3 is 0 Å². The van der Waals surface area contributed by atoms with Gasteiger partial charge in [0, 0.05) is 21.1 Å². The Kier molecular flexibility index (Phi) is 4.95. The zero-order valence-electron chi connectivity index (χ0n) is 11.2. The van der Waals surface area contributed by atoms with Gasteiger partial charge in [-0.25, -0.2) is 0 Å². The summed E-state index contributed by atoms with van der Waals surface area (Å²) in [6.07, 6.45) is 0. The second-order valence-corrected chi connectivity index (χ2v) is 6.47. The molecule has 0 aliphatic carbocycles. The van der Waals surface area contributed by atoms with Crippen LogP contribution in [-0.2, 0) is 10.3 Å². The van der Waals surface area contributed by atoms with Crippen molar-refractivity contribution in [2.24, 2.45) is 5.73 Å². The number of hydrogen-bond donors (Lipinski definition) is 1. The summed E-state index contributed by atoms with van der Waals surface area (Å²) in [5, 5.41) is 3.95. The Hall–Kier alpha value is -0.760. The fraction of sp³-hybridized carbons (Fsp3) is 0.385. The van der Waals surface area contributed by atoms with Gasteiger partial charge in [0.05, 0.1) is 6.61 Å². The van der Waals surface area contributed by atoms with E-state index in [1.165, 1.54) is 0 Å². The maximum absolute atomic E-state index is 6.15. The van der Waals surface area contributed by atoms with Gasteiger partial charge in [-0.3, -0.25) is 0 Å². The minimum Gasteiger partial charge on any atom is -0.379 e. The second kappa shape index (κ2) is 6.34. The topological polar surface area (TPSA) is 74.2 Å². The first-order valence-electron chi connectivity index (χ1n) is 6.09. The number of benzene rings is 1. The van der Waals surface area contributed by atoms with Crippen LogP contribution in [0.1, 0.15) is 19.7 Å². The Morgan fingerprint density at radius 1 is 1.30 bits per heavy atom. The van der Waals surface area contributed by atoms with Crippen molar-refractivity contribution in [1.29, 1.82) is 0 Å². The van der Waals surface area contributed by atoms with Crippen molar-refractivity contribution in [3.63, 3.8) is 0 Å². The van der Waals surface area contributed by atoms with Crippen LogP contribution in [-0.4, -0.2) is 23.4 Å². The first kappa shape index (κ1) is 15.6. The summed E-state index contributed by atoms with van der Waals surface area (Å²) in [6, 6.07) is 5.74. The van der Waals surface area contributed by atoms with E-state index in [0.29, 0.717) is 24.9 Å². The lowest BCUT2D eigenvalue weighted by atomic mass is 10.1. The molecule has 2 aromatic rings. The Bertz CT molecular complexity index is 579. The van der Waals surface area contributed by atoms with Crippen molar-refractivity contribution in [2.75, 3.05) is 13.2 Å². The zero-order valence-corrected chi connectivity index (χ0v) is 14.4. The quantitative estimate of drug-likeness (QED) is 0.825. The van der Waals surface area contributed by atoms with Gasteiger partial charge in [-0.05, 0) is 32.0 Å². The molecule has 0 saturated heterocycles. The summed E-state index contributed by atoms with van der Waals surface area (Å²) >= 11 is 6.85. The molecule has 0 saturated carbocycles. The lowest BCUT2D eigenvalue weighted by molar-refractivity contribution is 0.0962. The van der Waals surface area contributed by atoms with Crippen LogP contribution in [0.4, 0.5) is 0 Å². The molecular formula is C13H15Br2N3O2. The molecule has 20 heavy (non-hydrogen) atoms. The molecule has 0 fully saturated rings. The minimum absolute atomic E-state index is 0.338. The average Bonchev–Trinajstić information content (AvgIpc) is 2.85. The highest BCUT2D eigenvalue weighted by Crippen LogP contribution is 2.27. The first-order valence-corrected chi connectivity index (χ1v) is 7.68. The Morgan fingerprint density at radius 2 is 1.95 bits per heavy atom. The van der Waals surface area contributed by atoms with Crippen molar-refractivity contribution < 1.29 is 9.26 Å². The molecule has 5 nitrogen and oxygen atoms in total. The second-order valence-electron chi connectivity index (χ2n) is 4.64. The van der Waals surface area contributed by atoms with Crippen LogP contribution in [0.3, 0.4) is 0 Å². The summed E-state index contributed by atoms with van der Waals surface area (Å²) in [5.41, 5.74) is 6.19.